The van der Waals surface area contributed by atoms with Crippen LogP contribution in [0.2, 0.25) is 0 Å². The van der Waals surface area contributed by atoms with Crippen LogP contribution < -0.4 is 9.47 Å². The number of aliphatic hydroxyl groups excluding tert-OH is 1. The molecule has 0 aliphatic carbocycles. The number of hydrogen-bond acceptors (Lipinski definition) is 5. The second-order valence-electron chi connectivity index (χ2n) is 4.55. The summed E-state index contributed by atoms with van der Waals surface area (Å²) in [5, 5.41) is 8.89. The van der Waals surface area contributed by atoms with Crippen molar-refractivity contribution in [2.45, 2.75) is 25.2 Å². The summed E-state index contributed by atoms with van der Waals surface area (Å²) in [7, 11) is -0.655. The third-order valence-corrected chi connectivity index (χ3v) is 5.33. The Morgan fingerprint density at radius 3 is 2.24 bits per heavy atom. The maximum Gasteiger partial charge on any atom is 0.243 e. The lowest BCUT2D eigenvalue weighted by molar-refractivity contribution is 0.271. The van der Waals surface area contributed by atoms with Crippen LogP contribution in [-0.2, 0) is 10.0 Å². The largest absolute Gasteiger partial charge is 0.493 e. The topological polar surface area (TPSA) is 76.1 Å². The Kier molecular flexibility index (Phi) is 6.44. The number of hydrogen-bond donors (Lipinski definition) is 1. The highest BCUT2D eigenvalue weighted by molar-refractivity contribution is 7.89. The summed E-state index contributed by atoms with van der Waals surface area (Å²) >= 11 is 0. The van der Waals surface area contributed by atoms with Crippen LogP contribution in [0.5, 0.6) is 11.5 Å². The zero-order valence-electron chi connectivity index (χ0n) is 12.9. The molecule has 0 spiro atoms. The maximum absolute atomic E-state index is 12.7. The molecule has 7 heteroatoms. The van der Waals surface area contributed by atoms with Gasteiger partial charge >= 0.3 is 0 Å². The van der Waals surface area contributed by atoms with E-state index in [9.17, 15) is 8.42 Å². The van der Waals surface area contributed by atoms with Gasteiger partial charge in [0.25, 0.3) is 0 Å². The Hall–Kier alpha value is -1.31. The lowest BCUT2D eigenvalue weighted by Gasteiger charge is -2.22. The van der Waals surface area contributed by atoms with Crippen LogP contribution in [-0.4, -0.2) is 51.7 Å². The van der Waals surface area contributed by atoms with E-state index >= 15 is 0 Å². The highest BCUT2D eigenvalue weighted by atomic mass is 32.2. The minimum atomic E-state index is -3.62. The summed E-state index contributed by atoms with van der Waals surface area (Å²) in [6, 6.07) is 3.12. The van der Waals surface area contributed by atoms with Gasteiger partial charge in [0.05, 0.1) is 19.1 Å². The molecule has 120 valence electrons. The van der Waals surface area contributed by atoms with E-state index in [0.717, 1.165) is 0 Å². The van der Waals surface area contributed by atoms with Crippen molar-refractivity contribution in [3.8, 4) is 11.5 Å². The molecule has 1 aromatic rings. The second kappa shape index (κ2) is 7.63. The van der Waals surface area contributed by atoms with Crippen molar-refractivity contribution in [1.29, 1.82) is 0 Å². The van der Waals surface area contributed by atoms with E-state index in [1.165, 1.54) is 24.6 Å². The van der Waals surface area contributed by atoms with Crippen LogP contribution in [0.25, 0.3) is 0 Å². The van der Waals surface area contributed by atoms with E-state index in [1.807, 2.05) is 0 Å². The average molecular weight is 317 g/mol. The van der Waals surface area contributed by atoms with Gasteiger partial charge in [0, 0.05) is 25.8 Å². The van der Waals surface area contributed by atoms with E-state index in [0.29, 0.717) is 30.0 Å². The van der Waals surface area contributed by atoms with Crippen molar-refractivity contribution in [2.24, 2.45) is 0 Å². The van der Waals surface area contributed by atoms with Crippen LogP contribution >= 0.6 is 0 Å². The first-order valence-electron chi connectivity index (χ1n) is 6.76. The smallest absolute Gasteiger partial charge is 0.243 e. The fourth-order valence-corrected chi connectivity index (χ4v) is 3.78. The van der Waals surface area contributed by atoms with Gasteiger partial charge in [0.2, 0.25) is 10.0 Å². The van der Waals surface area contributed by atoms with Gasteiger partial charge in [-0.3, -0.25) is 0 Å². The number of benzene rings is 1. The number of rotatable bonds is 8. The van der Waals surface area contributed by atoms with E-state index in [4.69, 9.17) is 14.6 Å². The van der Waals surface area contributed by atoms with Crippen LogP contribution in [0.4, 0.5) is 0 Å². The molecule has 21 heavy (non-hydrogen) atoms. The minimum Gasteiger partial charge on any atom is -0.493 e. The molecule has 0 saturated carbocycles. The Balaban J connectivity index is 3.30. The first-order chi connectivity index (χ1) is 9.92. The minimum absolute atomic E-state index is 0.0447. The molecular formula is C14H23NO5S. The van der Waals surface area contributed by atoms with Gasteiger partial charge in [0.15, 0.2) is 11.5 Å². The Bertz CT molecular complexity index is 571. The van der Waals surface area contributed by atoms with Crippen molar-refractivity contribution in [3.05, 3.63) is 17.7 Å². The average Bonchev–Trinajstić information content (AvgIpc) is 2.47. The third-order valence-electron chi connectivity index (χ3n) is 3.22. The number of aryl methyl sites for hydroxylation is 1. The molecular weight excluding hydrogens is 294 g/mol. The predicted molar refractivity (Wildman–Crippen MR) is 80.4 cm³/mol. The molecule has 1 rings (SSSR count). The number of ether oxygens (including phenoxy) is 2. The first kappa shape index (κ1) is 17.7. The Labute approximate surface area is 126 Å². The van der Waals surface area contributed by atoms with E-state index < -0.39 is 10.0 Å². The fraction of sp³-hybridized carbons (Fsp3) is 0.571. The lowest BCUT2D eigenvalue weighted by atomic mass is 10.2. The van der Waals surface area contributed by atoms with Crippen LogP contribution in [0.1, 0.15) is 18.9 Å². The van der Waals surface area contributed by atoms with Crippen molar-refractivity contribution in [1.82, 2.24) is 4.31 Å². The van der Waals surface area contributed by atoms with Crippen molar-refractivity contribution >= 4 is 10.0 Å². The standard InChI is InChI=1S/C14H23NO5S/c1-5-15(7-6-8-16)21(17,18)14-10-13(20-4)12(19-3)9-11(14)2/h9-10,16H,5-8H2,1-4H3. The zero-order valence-corrected chi connectivity index (χ0v) is 13.7. The van der Waals surface area contributed by atoms with Crippen molar-refractivity contribution < 1.29 is 23.0 Å². The zero-order chi connectivity index (χ0) is 16.0. The summed E-state index contributed by atoms with van der Waals surface area (Å²) in [5.74, 6) is 0.868. The molecule has 0 bridgehead atoms. The number of sulfonamides is 1. The Morgan fingerprint density at radius 2 is 1.76 bits per heavy atom. The number of nitrogens with zero attached hydrogens (tertiary/aromatic N) is 1. The summed E-state index contributed by atoms with van der Waals surface area (Å²) in [6.07, 6.45) is 0.402. The lowest BCUT2D eigenvalue weighted by Crippen LogP contribution is -2.32. The van der Waals surface area contributed by atoms with Gasteiger partial charge in [-0.05, 0) is 25.0 Å². The van der Waals surface area contributed by atoms with E-state index in [-0.39, 0.29) is 18.0 Å². The van der Waals surface area contributed by atoms with Gasteiger partial charge in [-0.2, -0.15) is 4.31 Å². The van der Waals surface area contributed by atoms with Crippen LogP contribution in [0, 0.1) is 6.92 Å². The molecule has 0 fully saturated rings. The van der Waals surface area contributed by atoms with Gasteiger partial charge in [-0.25, -0.2) is 8.42 Å². The molecule has 0 radical (unpaired) electrons. The molecule has 0 unspecified atom stereocenters. The molecule has 0 aliphatic heterocycles. The normalized spacial score (nSPS) is 11.7. The van der Waals surface area contributed by atoms with Crippen molar-refractivity contribution in [3.63, 3.8) is 0 Å². The Morgan fingerprint density at radius 1 is 1.19 bits per heavy atom. The van der Waals surface area contributed by atoms with E-state index in [2.05, 4.69) is 0 Å². The number of aliphatic hydroxyl groups is 1. The van der Waals surface area contributed by atoms with Gasteiger partial charge in [-0.1, -0.05) is 6.92 Å². The van der Waals surface area contributed by atoms with Gasteiger partial charge in [0.1, 0.15) is 0 Å². The molecule has 0 aromatic heterocycles. The monoisotopic (exact) mass is 317 g/mol. The SMILES string of the molecule is CCN(CCCO)S(=O)(=O)c1cc(OC)c(OC)cc1C. The fourth-order valence-electron chi connectivity index (χ4n) is 2.07. The molecule has 0 heterocycles. The van der Waals surface area contributed by atoms with Gasteiger partial charge < -0.3 is 14.6 Å². The second-order valence-corrected chi connectivity index (χ2v) is 6.45. The summed E-state index contributed by atoms with van der Waals surface area (Å²) in [6.45, 7) is 4.07. The summed E-state index contributed by atoms with van der Waals surface area (Å²) in [5.41, 5.74) is 0.593. The highest BCUT2D eigenvalue weighted by Crippen LogP contribution is 2.33. The summed E-state index contributed by atoms with van der Waals surface area (Å²) in [4.78, 5) is 0.194. The molecule has 1 N–H and O–H groups in total. The van der Waals surface area contributed by atoms with E-state index in [1.54, 1.807) is 19.9 Å². The predicted octanol–water partition coefficient (Wildman–Crippen LogP) is 1.41. The van der Waals surface area contributed by atoms with Gasteiger partial charge in [-0.15, -0.1) is 0 Å². The molecule has 0 atom stereocenters. The molecule has 0 saturated heterocycles. The molecule has 1 aromatic carbocycles. The maximum atomic E-state index is 12.7. The quantitative estimate of drug-likeness (QED) is 0.784. The highest BCUT2D eigenvalue weighted by Gasteiger charge is 2.26. The van der Waals surface area contributed by atoms with Crippen LogP contribution in [0.15, 0.2) is 17.0 Å². The third kappa shape index (κ3) is 3.87. The summed E-state index contributed by atoms with van der Waals surface area (Å²) < 4.78 is 37.1. The first-order valence-corrected chi connectivity index (χ1v) is 8.20. The molecule has 6 nitrogen and oxygen atoms in total. The molecule has 0 amide bonds. The molecule has 0 aliphatic rings. The van der Waals surface area contributed by atoms with Crippen molar-refractivity contribution in [2.75, 3.05) is 33.9 Å². The number of methoxy groups -OCH3 is 2. The van der Waals surface area contributed by atoms with Crippen LogP contribution in [0.3, 0.4) is 0 Å².